The molecule has 0 fully saturated rings. The molecule has 5 aromatic rings. The van der Waals surface area contributed by atoms with E-state index in [1.165, 1.54) is 22.7 Å². The molecule has 6 nitrogen and oxygen atoms in total. The van der Waals surface area contributed by atoms with Gasteiger partial charge >= 0.3 is 0 Å². The highest BCUT2D eigenvalue weighted by atomic mass is 35.5. The van der Waals surface area contributed by atoms with Crippen LogP contribution in [0.1, 0.15) is 26.8 Å². The monoisotopic (exact) mass is 481 g/mol. The molecule has 9 heteroatoms. The van der Waals surface area contributed by atoms with Crippen LogP contribution in [0, 0.1) is 20.8 Å². The molecule has 0 saturated heterocycles. The first-order valence-electron chi connectivity index (χ1n) is 10.1. The first kappa shape index (κ1) is 21.1. The van der Waals surface area contributed by atoms with Gasteiger partial charge in [-0.15, -0.1) is 11.3 Å². The topological polar surface area (TPSA) is 63.9 Å². The number of nitrogens with zero attached hydrogens (tertiary/aromatic N) is 5. The number of carbonyl (C=O) groups is 1. The van der Waals surface area contributed by atoms with Crippen molar-refractivity contribution in [3.05, 3.63) is 69.4 Å². The number of anilines is 1. The minimum absolute atomic E-state index is 0.157. The molecule has 0 radical (unpaired) electrons. The summed E-state index contributed by atoms with van der Waals surface area (Å²) in [6.07, 6.45) is 0. The summed E-state index contributed by atoms with van der Waals surface area (Å²) in [6, 6.07) is 13.6. The number of hydrogen-bond acceptors (Lipinski definition) is 6. The first-order valence-corrected chi connectivity index (χ1v) is 12.2. The van der Waals surface area contributed by atoms with Gasteiger partial charge in [-0.3, -0.25) is 14.4 Å². The number of thiazole rings is 2. The highest BCUT2D eigenvalue weighted by Gasteiger charge is 2.25. The van der Waals surface area contributed by atoms with Gasteiger partial charge in [-0.1, -0.05) is 35.1 Å². The Balaban J connectivity index is 1.55. The maximum absolute atomic E-state index is 13.6. The van der Waals surface area contributed by atoms with E-state index in [0.717, 1.165) is 37.4 Å². The zero-order chi connectivity index (χ0) is 22.4. The summed E-state index contributed by atoms with van der Waals surface area (Å²) >= 11 is 9.19. The van der Waals surface area contributed by atoms with Crippen molar-refractivity contribution in [2.45, 2.75) is 27.3 Å². The number of amides is 1. The summed E-state index contributed by atoms with van der Waals surface area (Å²) in [6.45, 7) is 6.93. The Morgan fingerprint density at radius 1 is 1.06 bits per heavy atom. The Bertz CT molecular complexity index is 1440. The van der Waals surface area contributed by atoms with E-state index < -0.39 is 0 Å². The van der Waals surface area contributed by atoms with Gasteiger partial charge in [-0.25, -0.2) is 9.97 Å². The van der Waals surface area contributed by atoms with Gasteiger partial charge in [0, 0.05) is 17.3 Å². The quantitative estimate of drug-likeness (QED) is 0.307. The predicted molar refractivity (Wildman–Crippen MR) is 132 cm³/mol. The van der Waals surface area contributed by atoms with Crippen molar-refractivity contribution in [3.63, 3.8) is 0 Å². The Morgan fingerprint density at radius 2 is 1.88 bits per heavy atom. The molecule has 0 N–H and O–H groups in total. The normalized spacial score (nSPS) is 11.5. The molecule has 0 unspecified atom stereocenters. The van der Waals surface area contributed by atoms with Crippen molar-refractivity contribution in [1.82, 2.24) is 19.7 Å². The molecule has 0 atom stereocenters. The molecule has 1 amide bonds. The SMILES string of the molecule is Cc1cc(C)n(CCN(C(=O)c2nc3ccccc3s2)c2nc3c(C)c(Cl)ccc3s2)n1. The lowest BCUT2D eigenvalue weighted by Gasteiger charge is -2.19. The molecule has 162 valence electrons. The highest BCUT2D eigenvalue weighted by molar-refractivity contribution is 7.23. The number of rotatable bonds is 5. The van der Waals surface area contributed by atoms with Gasteiger partial charge in [0.25, 0.3) is 5.91 Å². The van der Waals surface area contributed by atoms with Crippen LogP contribution in [0.25, 0.3) is 20.4 Å². The maximum Gasteiger partial charge on any atom is 0.289 e. The number of para-hydroxylation sites is 1. The average Bonchev–Trinajstić information content (AvgIpc) is 3.47. The zero-order valence-corrected chi connectivity index (χ0v) is 20.2. The molecule has 5 rings (SSSR count). The number of halogens is 1. The number of aromatic nitrogens is 4. The standard InChI is InChI=1S/C23H20ClN5OS2/c1-13-12-14(2)29(27-13)11-10-28(22(30)21-25-17-6-4-5-7-18(17)31-21)23-26-20-15(3)16(24)8-9-19(20)32-23/h4-9,12H,10-11H2,1-3H3. The molecule has 0 spiro atoms. The lowest BCUT2D eigenvalue weighted by atomic mass is 10.2. The summed E-state index contributed by atoms with van der Waals surface area (Å²) in [4.78, 5) is 24.7. The maximum atomic E-state index is 13.6. The zero-order valence-electron chi connectivity index (χ0n) is 17.8. The number of benzene rings is 2. The van der Waals surface area contributed by atoms with Crippen LogP contribution in [-0.2, 0) is 6.54 Å². The molecular formula is C23H20ClN5OS2. The van der Waals surface area contributed by atoms with E-state index in [1.807, 2.05) is 67.9 Å². The molecule has 3 heterocycles. The second-order valence-corrected chi connectivity index (χ2v) is 10.1. The Kier molecular flexibility index (Phi) is 5.44. The van der Waals surface area contributed by atoms with Crippen LogP contribution in [0.15, 0.2) is 42.5 Å². The lowest BCUT2D eigenvalue weighted by molar-refractivity contribution is 0.0985. The fraction of sp³-hybridized carbons (Fsp3) is 0.217. The molecular weight excluding hydrogens is 462 g/mol. The van der Waals surface area contributed by atoms with E-state index in [-0.39, 0.29) is 5.91 Å². The second-order valence-electron chi connectivity index (χ2n) is 7.61. The van der Waals surface area contributed by atoms with Crippen molar-refractivity contribution >= 4 is 65.7 Å². The summed E-state index contributed by atoms with van der Waals surface area (Å²) < 4.78 is 3.90. The largest absolute Gasteiger partial charge is 0.289 e. The van der Waals surface area contributed by atoms with Crippen LogP contribution in [0.3, 0.4) is 0 Å². The second kappa shape index (κ2) is 8.27. The van der Waals surface area contributed by atoms with Crippen molar-refractivity contribution in [2.75, 3.05) is 11.4 Å². The van der Waals surface area contributed by atoms with Crippen LogP contribution in [0.5, 0.6) is 0 Å². The van der Waals surface area contributed by atoms with Gasteiger partial charge in [0.05, 0.1) is 32.7 Å². The van der Waals surface area contributed by atoms with E-state index in [1.54, 1.807) is 4.90 Å². The molecule has 0 aliphatic rings. The van der Waals surface area contributed by atoms with Gasteiger partial charge < -0.3 is 0 Å². The summed E-state index contributed by atoms with van der Waals surface area (Å²) in [5.74, 6) is -0.157. The summed E-state index contributed by atoms with van der Waals surface area (Å²) in [5, 5.41) is 6.30. The van der Waals surface area contributed by atoms with Crippen LogP contribution in [0.2, 0.25) is 5.02 Å². The van der Waals surface area contributed by atoms with Crippen molar-refractivity contribution in [2.24, 2.45) is 0 Å². The first-order chi connectivity index (χ1) is 15.4. The molecule has 2 aromatic carbocycles. The molecule has 0 saturated carbocycles. The molecule has 32 heavy (non-hydrogen) atoms. The van der Waals surface area contributed by atoms with Gasteiger partial charge in [-0.05, 0) is 56.7 Å². The van der Waals surface area contributed by atoms with Gasteiger partial charge in [-0.2, -0.15) is 5.10 Å². The fourth-order valence-corrected chi connectivity index (χ4v) is 5.78. The lowest BCUT2D eigenvalue weighted by Crippen LogP contribution is -2.34. The van der Waals surface area contributed by atoms with Crippen molar-refractivity contribution < 1.29 is 4.79 Å². The highest BCUT2D eigenvalue weighted by Crippen LogP contribution is 2.34. The predicted octanol–water partition coefficient (Wildman–Crippen LogP) is 6.03. The smallest absolute Gasteiger partial charge is 0.280 e. The van der Waals surface area contributed by atoms with Gasteiger partial charge in [0.15, 0.2) is 10.1 Å². The Labute approximate surface area is 198 Å². The summed E-state index contributed by atoms with van der Waals surface area (Å²) in [5.41, 5.74) is 4.58. The van der Waals surface area contributed by atoms with Crippen LogP contribution in [-0.4, -0.2) is 32.2 Å². The van der Waals surface area contributed by atoms with E-state index in [9.17, 15) is 4.79 Å². The minimum Gasteiger partial charge on any atom is -0.280 e. The fourth-order valence-electron chi connectivity index (χ4n) is 3.66. The summed E-state index contributed by atoms with van der Waals surface area (Å²) in [7, 11) is 0. The molecule has 0 aliphatic carbocycles. The van der Waals surface area contributed by atoms with E-state index in [2.05, 4.69) is 10.1 Å². The number of fused-ring (bicyclic) bond motifs is 2. The van der Waals surface area contributed by atoms with Crippen LogP contribution in [0.4, 0.5) is 5.13 Å². The van der Waals surface area contributed by atoms with Crippen LogP contribution < -0.4 is 4.90 Å². The third-order valence-electron chi connectivity index (χ3n) is 5.33. The van der Waals surface area contributed by atoms with E-state index in [0.29, 0.717) is 28.3 Å². The van der Waals surface area contributed by atoms with Crippen molar-refractivity contribution in [1.29, 1.82) is 0 Å². The molecule has 0 bridgehead atoms. The number of carbonyl (C=O) groups excluding carboxylic acids is 1. The van der Waals surface area contributed by atoms with Gasteiger partial charge in [0.1, 0.15) is 0 Å². The molecule has 0 aliphatic heterocycles. The Hall–Kier alpha value is -2.81. The number of aryl methyl sites for hydroxylation is 3. The average molecular weight is 482 g/mol. The number of hydrogen-bond donors (Lipinski definition) is 0. The van der Waals surface area contributed by atoms with Gasteiger partial charge in [0.2, 0.25) is 0 Å². The minimum atomic E-state index is -0.157. The Morgan fingerprint density at radius 3 is 2.62 bits per heavy atom. The van der Waals surface area contributed by atoms with E-state index in [4.69, 9.17) is 16.6 Å². The van der Waals surface area contributed by atoms with Crippen LogP contribution >= 0.6 is 34.3 Å². The van der Waals surface area contributed by atoms with E-state index >= 15 is 0 Å². The third kappa shape index (κ3) is 3.79. The van der Waals surface area contributed by atoms with Crippen molar-refractivity contribution in [3.8, 4) is 0 Å². The molecule has 3 aromatic heterocycles. The third-order valence-corrected chi connectivity index (χ3v) is 7.81.